The topological polar surface area (TPSA) is 58.6 Å². The number of carbonyl (C=O) groups is 1. The maximum Gasteiger partial charge on any atom is 0.227 e. The average Bonchev–Trinajstić information content (AvgIpc) is 2.62. The summed E-state index contributed by atoms with van der Waals surface area (Å²) in [5.74, 6) is 1.09. The van der Waals surface area contributed by atoms with Gasteiger partial charge in [0.25, 0.3) is 0 Å². The van der Waals surface area contributed by atoms with Crippen LogP contribution in [-0.2, 0) is 9.53 Å². The molecule has 0 spiro atoms. The van der Waals surface area contributed by atoms with Gasteiger partial charge < -0.3 is 14.5 Å². The summed E-state index contributed by atoms with van der Waals surface area (Å²) in [6.45, 7) is 3.29. The van der Waals surface area contributed by atoms with Crippen LogP contribution < -0.4 is 4.90 Å². The molecule has 22 heavy (non-hydrogen) atoms. The third-order valence-corrected chi connectivity index (χ3v) is 4.69. The Kier molecular flexibility index (Phi) is 4.87. The van der Waals surface area contributed by atoms with Crippen molar-refractivity contribution in [1.29, 1.82) is 0 Å². The van der Waals surface area contributed by atoms with E-state index in [4.69, 9.17) is 4.74 Å². The fourth-order valence-corrected chi connectivity index (χ4v) is 3.38. The molecule has 0 aromatic carbocycles. The maximum absolute atomic E-state index is 12.7. The molecule has 120 valence electrons. The van der Waals surface area contributed by atoms with Crippen LogP contribution in [0.5, 0.6) is 0 Å². The molecule has 3 heterocycles. The van der Waals surface area contributed by atoms with E-state index in [0.29, 0.717) is 6.10 Å². The number of carbonyl (C=O) groups excluding carboxylic acids is 1. The lowest BCUT2D eigenvalue weighted by molar-refractivity contribution is -0.138. The molecule has 2 aliphatic heterocycles. The standard InChI is InChI=1S/C16H24N4O2/c1-22-14-5-10-19(11-6-14)15(21)13-4-2-9-20(12-13)16-17-7-3-8-18-16/h3,7-8,13-14H,2,4-6,9-12H2,1H3. The van der Waals surface area contributed by atoms with Gasteiger partial charge >= 0.3 is 0 Å². The van der Waals surface area contributed by atoms with Crippen LogP contribution in [-0.4, -0.2) is 60.2 Å². The van der Waals surface area contributed by atoms with Crippen molar-refractivity contribution in [3.8, 4) is 0 Å². The number of hydrogen-bond donors (Lipinski definition) is 0. The van der Waals surface area contributed by atoms with Gasteiger partial charge in [-0.3, -0.25) is 4.79 Å². The van der Waals surface area contributed by atoms with Gasteiger partial charge in [-0.05, 0) is 31.7 Å². The minimum atomic E-state index is 0.0663. The van der Waals surface area contributed by atoms with Crippen LogP contribution in [0.15, 0.2) is 18.5 Å². The van der Waals surface area contributed by atoms with Crippen molar-refractivity contribution in [3.63, 3.8) is 0 Å². The van der Waals surface area contributed by atoms with Gasteiger partial charge in [0.2, 0.25) is 11.9 Å². The molecule has 0 saturated carbocycles. The Morgan fingerprint density at radius 1 is 1.18 bits per heavy atom. The molecule has 1 aromatic heterocycles. The summed E-state index contributed by atoms with van der Waals surface area (Å²) >= 11 is 0. The lowest BCUT2D eigenvalue weighted by Gasteiger charge is -2.37. The summed E-state index contributed by atoms with van der Waals surface area (Å²) in [5, 5.41) is 0. The summed E-state index contributed by atoms with van der Waals surface area (Å²) in [4.78, 5) is 25.5. The van der Waals surface area contributed by atoms with Gasteiger partial charge in [-0.1, -0.05) is 0 Å². The number of amides is 1. The van der Waals surface area contributed by atoms with E-state index in [0.717, 1.165) is 57.8 Å². The quantitative estimate of drug-likeness (QED) is 0.843. The van der Waals surface area contributed by atoms with Crippen molar-refractivity contribution in [3.05, 3.63) is 18.5 Å². The summed E-state index contributed by atoms with van der Waals surface area (Å²) in [6.07, 6.45) is 7.69. The molecule has 1 atom stereocenters. The molecule has 0 radical (unpaired) electrons. The number of rotatable bonds is 3. The third kappa shape index (κ3) is 3.38. The molecule has 0 aliphatic carbocycles. The second-order valence-corrected chi connectivity index (χ2v) is 6.09. The number of ether oxygens (including phenoxy) is 1. The fourth-order valence-electron chi connectivity index (χ4n) is 3.38. The first-order valence-electron chi connectivity index (χ1n) is 8.11. The van der Waals surface area contributed by atoms with Gasteiger partial charge in [-0.25, -0.2) is 9.97 Å². The summed E-state index contributed by atoms with van der Waals surface area (Å²) in [6, 6.07) is 1.82. The summed E-state index contributed by atoms with van der Waals surface area (Å²) in [5.41, 5.74) is 0. The van der Waals surface area contributed by atoms with Gasteiger partial charge in [0.15, 0.2) is 0 Å². The fraction of sp³-hybridized carbons (Fsp3) is 0.688. The largest absolute Gasteiger partial charge is 0.381 e. The zero-order valence-electron chi connectivity index (χ0n) is 13.1. The van der Waals surface area contributed by atoms with Crippen molar-refractivity contribution in [1.82, 2.24) is 14.9 Å². The molecule has 1 aromatic rings. The Morgan fingerprint density at radius 3 is 2.59 bits per heavy atom. The highest BCUT2D eigenvalue weighted by Crippen LogP contribution is 2.23. The number of nitrogens with zero attached hydrogens (tertiary/aromatic N) is 4. The molecule has 6 nitrogen and oxygen atoms in total. The first-order chi connectivity index (χ1) is 10.8. The molecule has 1 unspecified atom stereocenters. The highest BCUT2D eigenvalue weighted by Gasteiger charge is 2.32. The van der Waals surface area contributed by atoms with Crippen molar-refractivity contribution in [2.24, 2.45) is 5.92 Å². The number of piperidine rings is 2. The first kappa shape index (κ1) is 15.2. The predicted octanol–water partition coefficient (Wildman–Crippen LogP) is 1.33. The van der Waals surface area contributed by atoms with E-state index in [1.165, 1.54) is 0 Å². The van der Waals surface area contributed by atoms with Crippen LogP contribution in [0.4, 0.5) is 5.95 Å². The van der Waals surface area contributed by atoms with Crippen molar-refractivity contribution in [2.75, 3.05) is 38.2 Å². The highest BCUT2D eigenvalue weighted by molar-refractivity contribution is 5.79. The molecule has 3 rings (SSSR count). The molecule has 0 N–H and O–H groups in total. The Hall–Kier alpha value is -1.69. The minimum Gasteiger partial charge on any atom is -0.381 e. The monoisotopic (exact) mass is 304 g/mol. The SMILES string of the molecule is COC1CCN(C(=O)C2CCCN(c3ncccn3)C2)CC1. The predicted molar refractivity (Wildman–Crippen MR) is 83.6 cm³/mol. The molecule has 2 fully saturated rings. The van der Waals surface area contributed by atoms with E-state index in [2.05, 4.69) is 14.9 Å². The summed E-state index contributed by atoms with van der Waals surface area (Å²) < 4.78 is 5.38. The van der Waals surface area contributed by atoms with E-state index in [-0.39, 0.29) is 11.8 Å². The van der Waals surface area contributed by atoms with Gasteiger partial charge in [-0.2, -0.15) is 0 Å². The Morgan fingerprint density at radius 2 is 1.91 bits per heavy atom. The highest BCUT2D eigenvalue weighted by atomic mass is 16.5. The molecule has 1 amide bonds. The van der Waals surface area contributed by atoms with Gasteiger partial charge in [-0.15, -0.1) is 0 Å². The van der Waals surface area contributed by atoms with E-state index in [9.17, 15) is 4.79 Å². The number of hydrogen-bond acceptors (Lipinski definition) is 5. The minimum absolute atomic E-state index is 0.0663. The van der Waals surface area contributed by atoms with Crippen LogP contribution >= 0.6 is 0 Å². The lowest BCUT2D eigenvalue weighted by Crippen LogP contribution is -2.48. The van der Waals surface area contributed by atoms with Crippen LogP contribution in [0.2, 0.25) is 0 Å². The number of aromatic nitrogens is 2. The molecular weight excluding hydrogens is 280 g/mol. The molecule has 2 aliphatic rings. The Bertz CT molecular complexity index is 488. The summed E-state index contributed by atoms with van der Waals surface area (Å²) in [7, 11) is 1.75. The van der Waals surface area contributed by atoms with Gasteiger partial charge in [0.1, 0.15) is 0 Å². The van der Waals surface area contributed by atoms with Crippen LogP contribution in [0.1, 0.15) is 25.7 Å². The maximum atomic E-state index is 12.7. The van der Waals surface area contributed by atoms with Gasteiger partial charge in [0.05, 0.1) is 12.0 Å². The van der Waals surface area contributed by atoms with Crippen molar-refractivity contribution < 1.29 is 9.53 Å². The molecular formula is C16H24N4O2. The third-order valence-electron chi connectivity index (χ3n) is 4.69. The number of methoxy groups -OCH3 is 1. The first-order valence-corrected chi connectivity index (χ1v) is 8.11. The van der Waals surface area contributed by atoms with Crippen LogP contribution in [0.25, 0.3) is 0 Å². The van der Waals surface area contributed by atoms with Crippen molar-refractivity contribution in [2.45, 2.75) is 31.8 Å². The zero-order valence-corrected chi connectivity index (χ0v) is 13.1. The zero-order chi connectivity index (χ0) is 15.4. The average molecular weight is 304 g/mol. The van der Waals surface area contributed by atoms with E-state index < -0.39 is 0 Å². The van der Waals surface area contributed by atoms with Crippen LogP contribution in [0.3, 0.4) is 0 Å². The van der Waals surface area contributed by atoms with E-state index in [1.807, 2.05) is 11.0 Å². The molecule has 0 bridgehead atoms. The van der Waals surface area contributed by atoms with Crippen molar-refractivity contribution >= 4 is 11.9 Å². The van der Waals surface area contributed by atoms with Gasteiger partial charge in [0, 0.05) is 45.7 Å². The normalized spacial score (nSPS) is 23.6. The Balaban J connectivity index is 1.59. The number of likely N-dealkylation sites (tertiary alicyclic amines) is 1. The smallest absolute Gasteiger partial charge is 0.227 e. The van der Waals surface area contributed by atoms with E-state index in [1.54, 1.807) is 19.5 Å². The number of anilines is 1. The molecule has 6 heteroatoms. The van der Waals surface area contributed by atoms with Crippen LogP contribution in [0, 0.1) is 5.92 Å². The Labute approximate surface area is 131 Å². The lowest BCUT2D eigenvalue weighted by atomic mass is 9.95. The second kappa shape index (κ2) is 7.05. The van der Waals surface area contributed by atoms with E-state index >= 15 is 0 Å². The second-order valence-electron chi connectivity index (χ2n) is 6.09. The molecule has 2 saturated heterocycles.